The minimum absolute atomic E-state index is 0.0722. The summed E-state index contributed by atoms with van der Waals surface area (Å²) in [7, 11) is 1.71. The monoisotopic (exact) mass is 220 g/mol. The van der Waals surface area contributed by atoms with Crippen LogP contribution in [0.2, 0.25) is 0 Å². The van der Waals surface area contributed by atoms with Crippen molar-refractivity contribution in [2.75, 3.05) is 25.2 Å². The molecule has 0 spiro atoms. The van der Waals surface area contributed by atoms with Crippen LogP contribution in [-0.4, -0.2) is 31.1 Å². The summed E-state index contributed by atoms with van der Waals surface area (Å²) >= 11 is 1.89. The minimum atomic E-state index is -0.0722. The fourth-order valence-electron chi connectivity index (χ4n) is 0.983. The number of nitrogens with two attached hydrogens (primary N) is 1. The highest BCUT2D eigenvalue weighted by molar-refractivity contribution is 7.99. The molecule has 0 bridgehead atoms. The van der Waals surface area contributed by atoms with Crippen LogP contribution in [0.1, 0.15) is 25.7 Å². The van der Waals surface area contributed by atoms with Crippen LogP contribution in [0.15, 0.2) is 0 Å². The number of hydrazine groups is 1. The highest BCUT2D eigenvalue weighted by atomic mass is 32.2. The van der Waals surface area contributed by atoms with Gasteiger partial charge in [0.05, 0.1) is 6.61 Å². The van der Waals surface area contributed by atoms with Gasteiger partial charge in [0.15, 0.2) is 0 Å². The number of nitrogens with one attached hydrogen (secondary N) is 1. The van der Waals surface area contributed by atoms with Gasteiger partial charge in [0, 0.05) is 19.3 Å². The van der Waals surface area contributed by atoms with Gasteiger partial charge in [0.25, 0.3) is 0 Å². The maximum Gasteiger partial charge on any atom is 0.233 e. The molecule has 84 valence electrons. The lowest BCUT2D eigenvalue weighted by atomic mass is 10.2. The molecular weight excluding hydrogens is 200 g/mol. The molecular formula is C9H20N2O2S. The number of amides is 1. The number of carbonyl (C=O) groups excluding carboxylic acids is 1. The van der Waals surface area contributed by atoms with Crippen molar-refractivity contribution in [1.82, 2.24) is 5.43 Å². The van der Waals surface area contributed by atoms with Gasteiger partial charge in [0.2, 0.25) is 5.91 Å². The molecule has 0 aliphatic rings. The van der Waals surface area contributed by atoms with E-state index in [4.69, 9.17) is 10.6 Å². The molecule has 0 aromatic rings. The van der Waals surface area contributed by atoms with Crippen LogP contribution < -0.4 is 11.3 Å². The number of rotatable bonds is 9. The Bertz CT molecular complexity index is 145. The Kier molecular flexibility index (Phi) is 10.6. The van der Waals surface area contributed by atoms with Crippen LogP contribution >= 0.6 is 11.8 Å². The summed E-state index contributed by atoms with van der Waals surface area (Å²) in [6.07, 6.45) is 3.72. The molecule has 0 aromatic heterocycles. The van der Waals surface area contributed by atoms with E-state index in [-0.39, 0.29) is 5.91 Å². The summed E-state index contributed by atoms with van der Waals surface area (Å²) in [5, 5.41) is 0. The third kappa shape index (κ3) is 9.83. The standard InChI is InChI=1S/C9H20N2O2S/c1-13-6-8-14-7-4-2-3-5-9(12)11-10/h2-8,10H2,1H3,(H,11,12). The topological polar surface area (TPSA) is 64.3 Å². The number of thioether (sulfide) groups is 1. The number of hydrogen-bond donors (Lipinski definition) is 2. The molecule has 4 nitrogen and oxygen atoms in total. The van der Waals surface area contributed by atoms with Crippen molar-refractivity contribution in [2.45, 2.75) is 25.7 Å². The van der Waals surface area contributed by atoms with Gasteiger partial charge >= 0.3 is 0 Å². The van der Waals surface area contributed by atoms with Crippen molar-refractivity contribution in [3.63, 3.8) is 0 Å². The van der Waals surface area contributed by atoms with Gasteiger partial charge in [-0.2, -0.15) is 11.8 Å². The first-order valence-corrected chi connectivity index (χ1v) is 6.03. The summed E-state index contributed by atoms with van der Waals surface area (Å²) in [5.74, 6) is 7.08. The van der Waals surface area contributed by atoms with Crippen molar-refractivity contribution in [1.29, 1.82) is 0 Å². The van der Waals surface area contributed by atoms with E-state index < -0.39 is 0 Å². The number of carbonyl (C=O) groups is 1. The largest absolute Gasteiger partial charge is 0.384 e. The Morgan fingerprint density at radius 2 is 2.14 bits per heavy atom. The van der Waals surface area contributed by atoms with Crippen molar-refractivity contribution in [3.05, 3.63) is 0 Å². The van der Waals surface area contributed by atoms with Crippen molar-refractivity contribution in [3.8, 4) is 0 Å². The lowest BCUT2D eigenvalue weighted by Gasteiger charge is -2.01. The van der Waals surface area contributed by atoms with E-state index in [0.717, 1.165) is 37.4 Å². The second-order valence-electron chi connectivity index (χ2n) is 2.98. The Morgan fingerprint density at radius 3 is 2.79 bits per heavy atom. The molecule has 3 N–H and O–H groups in total. The molecule has 5 heteroatoms. The predicted molar refractivity (Wildman–Crippen MR) is 60.0 cm³/mol. The average Bonchev–Trinajstić information content (AvgIpc) is 2.21. The van der Waals surface area contributed by atoms with Crippen LogP contribution in [0.4, 0.5) is 0 Å². The zero-order chi connectivity index (χ0) is 10.6. The lowest BCUT2D eigenvalue weighted by Crippen LogP contribution is -2.29. The van der Waals surface area contributed by atoms with Crippen molar-refractivity contribution in [2.24, 2.45) is 5.84 Å². The van der Waals surface area contributed by atoms with E-state index >= 15 is 0 Å². The van der Waals surface area contributed by atoms with E-state index in [1.165, 1.54) is 0 Å². The molecule has 0 atom stereocenters. The number of ether oxygens (including phenoxy) is 1. The van der Waals surface area contributed by atoms with E-state index in [2.05, 4.69) is 5.43 Å². The fraction of sp³-hybridized carbons (Fsp3) is 0.889. The van der Waals surface area contributed by atoms with E-state index in [0.29, 0.717) is 6.42 Å². The quantitative estimate of drug-likeness (QED) is 0.262. The summed E-state index contributed by atoms with van der Waals surface area (Å²) in [4.78, 5) is 10.7. The van der Waals surface area contributed by atoms with Crippen LogP contribution in [-0.2, 0) is 9.53 Å². The third-order valence-electron chi connectivity index (χ3n) is 1.79. The molecule has 0 saturated carbocycles. The average molecular weight is 220 g/mol. The molecule has 0 radical (unpaired) electrons. The lowest BCUT2D eigenvalue weighted by molar-refractivity contribution is -0.121. The van der Waals surface area contributed by atoms with E-state index in [1.807, 2.05) is 11.8 Å². The molecule has 0 aliphatic heterocycles. The van der Waals surface area contributed by atoms with Crippen molar-refractivity contribution >= 4 is 17.7 Å². The number of unbranched alkanes of at least 4 members (excludes halogenated alkanes) is 2. The second-order valence-corrected chi connectivity index (χ2v) is 4.21. The van der Waals surface area contributed by atoms with Gasteiger partial charge in [-0.15, -0.1) is 0 Å². The molecule has 0 heterocycles. The Labute approximate surface area is 89.9 Å². The maximum absolute atomic E-state index is 10.7. The highest BCUT2D eigenvalue weighted by Gasteiger charge is 1.97. The zero-order valence-corrected chi connectivity index (χ0v) is 9.57. The first-order valence-electron chi connectivity index (χ1n) is 4.87. The van der Waals surface area contributed by atoms with Gasteiger partial charge in [-0.25, -0.2) is 5.84 Å². The normalized spacial score (nSPS) is 10.1. The van der Waals surface area contributed by atoms with E-state index in [1.54, 1.807) is 7.11 Å². The van der Waals surface area contributed by atoms with Gasteiger partial charge in [-0.05, 0) is 18.6 Å². The predicted octanol–water partition coefficient (Wildman–Crippen LogP) is 0.916. The van der Waals surface area contributed by atoms with Gasteiger partial charge in [-0.3, -0.25) is 10.2 Å². The van der Waals surface area contributed by atoms with Crippen LogP contribution in [0, 0.1) is 0 Å². The molecule has 0 unspecified atom stereocenters. The highest BCUT2D eigenvalue weighted by Crippen LogP contribution is 2.07. The minimum Gasteiger partial charge on any atom is -0.384 e. The first-order chi connectivity index (χ1) is 6.81. The Morgan fingerprint density at radius 1 is 1.36 bits per heavy atom. The van der Waals surface area contributed by atoms with Gasteiger partial charge < -0.3 is 4.74 Å². The van der Waals surface area contributed by atoms with E-state index in [9.17, 15) is 4.79 Å². The zero-order valence-electron chi connectivity index (χ0n) is 8.75. The molecule has 1 amide bonds. The summed E-state index contributed by atoms with van der Waals surface area (Å²) < 4.78 is 4.93. The summed E-state index contributed by atoms with van der Waals surface area (Å²) in [6.45, 7) is 0.820. The van der Waals surface area contributed by atoms with Crippen LogP contribution in [0.25, 0.3) is 0 Å². The Balaban J connectivity index is 2.95. The summed E-state index contributed by atoms with van der Waals surface area (Å²) in [6, 6.07) is 0. The molecule has 0 saturated heterocycles. The van der Waals surface area contributed by atoms with Gasteiger partial charge in [-0.1, -0.05) is 6.42 Å². The van der Waals surface area contributed by atoms with Gasteiger partial charge in [0.1, 0.15) is 0 Å². The third-order valence-corrected chi connectivity index (χ3v) is 2.82. The Hall–Kier alpha value is -0.260. The molecule has 14 heavy (non-hydrogen) atoms. The van der Waals surface area contributed by atoms with Crippen LogP contribution in [0.5, 0.6) is 0 Å². The fourth-order valence-corrected chi connectivity index (χ4v) is 1.88. The second kappa shape index (κ2) is 10.8. The molecule has 0 aliphatic carbocycles. The molecule has 0 fully saturated rings. The molecule has 0 aromatic carbocycles. The van der Waals surface area contributed by atoms with Crippen molar-refractivity contribution < 1.29 is 9.53 Å². The number of hydrogen-bond acceptors (Lipinski definition) is 4. The van der Waals surface area contributed by atoms with Crippen LogP contribution in [0.3, 0.4) is 0 Å². The smallest absolute Gasteiger partial charge is 0.233 e. The molecule has 0 rings (SSSR count). The summed E-state index contributed by atoms with van der Waals surface area (Å²) in [5.41, 5.74) is 2.12. The first kappa shape index (κ1) is 13.7. The maximum atomic E-state index is 10.7. The SMILES string of the molecule is COCCSCCCCCC(=O)NN. The number of methoxy groups -OCH3 is 1.